The molecular weight excluding hydrogens is 343 g/mol. The lowest BCUT2D eigenvalue weighted by Crippen LogP contribution is -2.42. The van der Waals surface area contributed by atoms with E-state index in [1.165, 1.54) is 25.0 Å². The van der Waals surface area contributed by atoms with Crippen molar-refractivity contribution in [2.75, 3.05) is 13.1 Å². The zero-order chi connectivity index (χ0) is 18.2. The van der Waals surface area contributed by atoms with Crippen LogP contribution < -0.4 is 0 Å². The fourth-order valence-electron chi connectivity index (χ4n) is 6.09. The van der Waals surface area contributed by atoms with E-state index < -0.39 is 0 Å². The molecule has 6 rings (SSSR count). The van der Waals surface area contributed by atoms with E-state index in [1.807, 2.05) is 0 Å². The van der Waals surface area contributed by atoms with Crippen LogP contribution in [0.4, 0.5) is 4.39 Å². The average Bonchev–Trinajstić information content (AvgIpc) is 3.17. The topological polar surface area (TPSA) is 46.3 Å². The van der Waals surface area contributed by atoms with Gasteiger partial charge in [-0.1, -0.05) is 17.3 Å². The van der Waals surface area contributed by atoms with Crippen LogP contribution in [0.2, 0.25) is 0 Å². The number of hydrogen-bond acceptors (Lipinski definition) is 3. The SMILES string of the molecule is O=C([C@H]1C[C@H]2C=C[C@H]1C21CC1)N1CCC(c2noc3cc(F)ccc23)CC1. The first-order valence-corrected chi connectivity index (χ1v) is 10.2. The summed E-state index contributed by atoms with van der Waals surface area (Å²) < 4.78 is 18.7. The van der Waals surface area contributed by atoms with Crippen molar-refractivity contribution in [2.24, 2.45) is 23.2 Å². The Bertz CT molecular complexity index is 952. The molecule has 5 heteroatoms. The molecule has 0 radical (unpaired) electrons. The Morgan fingerprint density at radius 3 is 2.78 bits per heavy atom. The highest BCUT2D eigenvalue weighted by Crippen LogP contribution is 2.70. The second-order valence-electron chi connectivity index (χ2n) is 8.90. The predicted octanol–water partition coefficient (Wildman–Crippen LogP) is 4.28. The van der Waals surface area contributed by atoms with Gasteiger partial charge < -0.3 is 9.42 Å². The van der Waals surface area contributed by atoms with Crippen LogP contribution in [0.15, 0.2) is 34.9 Å². The second-order valence-corrected chi connectivity index (χ2v) is 8.90. The van der Waals surface area contributed by atoms with Crippen molar-refractivity contribution < 1.29 is 13.7 Å². The van der Waals surface area contributed by atoms with Gasteiger partial charge in [-0.2, -0.15) is 0 Å². The van der Waals surface area contributed by atoms with Crippen molar-refractivity contribution >= 4 is 16.9 Å². The summed E-state index contributed by atoms with van der Waals surface area (Å²) in [5, 5.41) is 5.11. The first-order valence-electron chi connectivity index (χ1n) is 10.2. The number of carbonyl (C=O) groups is 1. The molecule has 27 heavy (non-hydrogen) atoms. The van der Waals surface area contributed by atoms with Crippen LogP contribution in [-0.4, -0.2) is 29.1 Å². The summed E-state index contributed by atoms with van der Waals surface area (Å²) in [5.74, 6) is 1.67. The molecule has 2 bridgehead atoms. The van der Waals surface area contributed by atoms with Crippen LogP contribution in [0.25, 0.3) is 11.0 Å². The predicted molar refractivity (Wildman–Crippen MR) is 98.4 cm³/mol. The number of nitrogens with zero attached hydrogens (tertiary/aromatic N) is 2. The van der Waals surface area contributed by atoms with Gasteiger partial charge in [0.1, 0.15) is 5.82 Å². The third kappa shape index (κ3) is 2.20. The van der Waals surface area contributed by atoms with Gasteiger partial charge in [0.05, 0.1) is 5.69 Å². The Morgan fingerprint density at radius 2 is 2.04 bits per heavy atom. The normalized spacial score (nSPS) is 31.3. The molecule has 2 saturated carbocycles. The Morgan fingerprint density at radius 1 is 1.22 bits per heavy atom. The number of benzene rings is 1. The Kier molecular flexibility index (Phi) is 3.19. The van der Waals surface area contributed by atoms with Crippen LogP contribution in [-0.2, 0) is 4.79 Å². The number of likely N-dealkylation sites (tertiary alicyclic amines) is 1. The van der Waals surface area contributed by atoms with E-state index in [2.05, 4.69) is 22.2 Å². The number of carbonyl (C=O) groups excluding carboxylic acids is 1. The standard InChI is InChI=1S/C22H23FN2O2/c23-15-2-3-16-19(12-15)27-24-20(16)13-5-9-25(10-6-13)21(26)17-11-14-1-4-18(17)22(14)7-8-22/h1-4,12-14,17-18H,5-11H2/t14-,17+,18-/m1/s1. The lowest BCUT2D eigenvalue weighted by atomic mass is 9.86. The van der Waals surface area contributed by atoms with Gasteiger partial charge in [0.15, 0.2) is 5.58 Å². The van der Waals surface area contributed by atoms with Crippen molar-refractivity contribution in [3.8, 4) is 0 Å². The Hall–Kier alpha value is -2.17. The molecule has 4 aliphatic rings. The van der Waals surface area contributed by atoms with E-state index in [0.29, 0.717) is 28.7 Å². The van der Waals surface area contributed by atoms with Crippen molar-refractivity contribution in [1.29, 1.82) is 0 Å². The maximum Gasteiger partial charge on any atom is 0.226 e. The highest BCUT2D eigenvalue weighted by Gasteiger charge is 2.64. The molecule has 0 N–H and O–H groups in total. The summed E-state index contributed by atoms with van der Waals surface area (Å²) in [7, 11) is 0. The summed E-state index contributed by atoms with van der Waals surface area (Å²) in [6.07, 6.45) is 10.2. The number of allylic oxidation sites excluding steroid dienone is 2. The molecule has 1 saturated heterocycles. The van der Waals surface area contributed by atoms with Gasteiger partial charge in [0.25, 0.3) is 0 Å². The molecule has 140 valence electrons. The fourth-order valence-corrected chi connectivity index (χ4v) is 6.09. The number of aromatic nitrogens is 1. The number of rotatable bonds is 2. The Labute approximate surface area is 157 Å². The lowest BCUT2D eigenvalue weighted by molar-refractivity contribution is -0.137. The maximum absolute atomic E-state index is 13.4. The van der Waals surface area contributed by atoms with Gasteiger partial charge in [-0.3, -0.25) is 4.79 Å². The van der Waals surface area contributed by atoms with E-state index in [-0.39, 0.29) is 17.7 Å². The summed E-state index contributed by atoms with van der Waals surface area (Å²) in [5.41, 5.74) is 1.89. The summed E-state index contributed by atoms with van der Waals surface area (Å²) in [6, 6.07) is 4.60. The second kappa shape index (κ2) is 5.43. The van der Waals surface area contributed by atoms with Gasteiger partial charge in [-0.05, 0) is 61.5 Å². The lowest BCUT2D eigenvalue weighted by Gasteiger charge is -2.34. The van der Waals surface area contributed by atoms with Crippen LogP contribution in [0, 0.1) is 29.0 Å². The highest BCUT2D eigenvalue weighted by molar-refractivity contribution is 5.81. The summed E-state index contributed by atoms with van der Waals surface area (Å²) >= 11 is 0. The fraction of sp³-hybridized carbons (Fsp3) is 0.545. The maximum atomic E-state index is 13.4. The molecule has 1 amide bonds. The number of piperidine rings is 1. The monoisotopic (exact) mass is 366 g/mol. The largest absolute Gasteiger partial charge is 0.356 e. The zero-order valence-corrected chi connectivity index (χ0v) is 15.2. The van der Waals surface area contributed by atoms with E-state index in [0.717, 1.165) is 43.4 Å². The smallest absolute Gasteiger partial charge is 0.226 e. The number of halogens is 1. The highest BCUT2D eigenvalue weighted by atomic mass is 19.1. The number of hydrogen-bond donors (Lipinski definition) is 0. The first-order chi connectivity index (χ1) is 13.2. The van der Waals surface area contributed by atoms with Crippen LogP contribution in [0.5, 0.6) is 0 Å². The van der Waals surface area contributed by atoms with Crippen molar-refractivity contribution in [3.05, 3.63) is 41.9 Å². The van der Waals surface area contributed by atoms with Gasteiger partial charge in [-0.25, -0.2) is 4.39 Å². The van der Waals surface area contributed by atoms with Crippen LogP contribution >= 0.6 is 0 Å². The molecule has 1 aromatic heterocycles. The quantitative estimate of drug-likeness (QED) is 0.746. The Balaban J connectivity index is 1.16. The molecule has 3 fully saturated rings. The van der Waals surface area contributed by atoms with Crippen molar-refractivity contribution in [1.82, 2.24) is 10.1 Å². The molecule has 2 aromatic rings. The first kappa shape index (κ1) is 15.8. The average molecular weight is 366 g/mol. The van der Waals surface area contributed by atoms with Gasteiger partial charge in [0.2, 0.25) is 5.91 Å². The van der Waals surface area contributed by atoms with Crippen LogP contribution in [0.1, 0.15) is 43.7 Å². The number of amides is 1. The van der Waals surface area contributed by atoms with E-state index in [9.17, 15) is 9.18 Å². The molecule has 1 aromatic carbocycles. The molecule has 4 nitrogen and oxygen atoms in total. The molecule has 3 atom stereocenters. The minimum Gasteiger partial charge on any atom is -0.356 e. The molecule has 1 spiro atoms. The molecule has 2 heterocycles. The minimum atomic E-state index is -0.307. The number of fused-ring (bicyclic) bond motifs is 1. The third-order valence-corrected chi connectivity index (χ3v) is 7.69. The third-order valence-electron chi connectivity index (χ3n) is 7.69. The molecule has 1 aliphatic heterocycles. The molecular formula is C22H23FN2O2. The van der Waals surface area contributed by atoms with Gasteiger partial charge in [0, 0.05) is 36.4 Å². The van der Waals surface area contributed by atoms with E-state index in [4.69, 9.17) is 4.52 Å². The van der Waals surface area contributed by atoms with Gasteiger partial charge >= 0.3 is 0 Å². The van der Waals surface area contributed by atoms with E-state index >= 15 is 0 Å². The van der Waals surface area contributed by atoms with Crippen LogP contribution in [0.3, 0.4) is 0 Å². The van der Waals surface area contributed by atoms with Crippen molar-refractivity contribution in [2.45, 2.75) is 38.0 Å². The molecule has 3 aliphatic carbocycles. The molecule has 0 unspecified atom stereocenters. The summed E-state index contributed by atoms with van der Waals surface area (Å²) in [4.78, 5) is 15.2. The zero-order valence-electron chi connectivity index (χ0n) is 15.2. The van der Waals surface area contributed by atoms with E-state index in [1.54, 1.807) is 6.07 Å². The van der Waals surface area contributed by atoms with Gasteiger partial charge in [-0.15, -0.1) is 0 Å². The summed E-state index contributed by atoms with van der Waals surface area (Å²) in [6.45, 7) is 1.56. The minimum absolute atomic E-state index is 0.204. The van der Waals surface area contributed by atoms with Crippen molar-refractivity contribution in [3.63, 3.8) is 0 Å².